The molecule has 0 saturated carbocycles. The minimum Gasteiger partial charge on any atom is -0.489 e. The molecule has 0 unspecified atom stereocenters. The second-order valence-electron chi connectivity index (χ2n) is 7.05. The van der Waals surface area contributed by atoms with Gasteiger partial charge in [0.15, 0.2) is 0 Å². The maximum Gasteiger partial charge on any atom is 0.240 e. The number of nitrogens with one attached hydrogen (secondary N) is 2. The van der Waals surface area contributed by atoms with Crippen LogP contribution in [0.2, 0.25) is 0 Å². The van der Waals surface area contributed by atoms with E-state index in [-0.39, 0.29) is 24.7 Å². The molecule has 0 spiro atoms. The highest BCUT2D eigenvalue weighted by atomic mass is 79.9. The number of anilines is 1. The van der Waals surface area contributed by atoms with Gasteiger partial charge in [0.05, 0.1) is 6.21 Å². The molecule has 0 radical (unpaired) electrons. The Balaban J connectivity index is 1.33. The third kappa shape index (κ3) is 8.35. The van der Waals surface area contributed by atoms with E-state index in [0.29, 0.717) is 13.0 Å². The van der Waals surface area contributed by atoms with Gasteiger partial charge in [0, 0.05) is 23.0 Å². The maximum absolute atomic E-state index is 11.9. The van der Waals surface area contributed by atoms with Gasteiger partial charge in [0.25, 0.3) is 0 Å². The lowest BCUT2D eigenvalue weighted by Gasteiger charge is -2.06. The van der Waals surface area contributed by atoms with Crippen LogP contribution in [0.15, 0.2) is 88.4 Å². The summed E-state index contributed by atoms with van der Waals surface area (Å²) in [5, 5.41) is 6.77. The molecule has 3 aromatic rings. The Morgan fingerprint density at radius 1 is 0.875 bits per heavy atom. The molecule has 0 fully saturated rings. The first kappa shape index (κ1) is 23.2. The van der Waals surface area contributed by atoms with E-state index in [2.05, 4.69) is 31.8 Å². The molecule has 3 aromatic carbocycles. The fourth-order valence-corrected chi connectivity index (χ4v) is 3.06. The van der Waals surface area contributed by atoms with Gasteiger partial charge in [0.2, 0.25) is 11.8 Å². The normalized spacial score (nSPS) is 10.7. The van der Waals surface area contributed by atoms with Crippen LogP contribution in [-0.2, 0) is 16.2 Å². The van der Waals surface area contributed by atoms with Crippen molar-refractivity contribution >= 4 is 39.6 Å². The lowest BCUT2D eigenvalue weighted by atomic mass is 10.2. The van der Waals surface area contributed by atoms with E-state index in [1.54, 1.807) is 6.21 Å². The number of benzene rings is 3. The number of carbonyl (C=O) groups excluding carboxylic acids is 2. The Kier molecular flexibility index (Phi) is 9.01. The summed E-state index contributed by atoms with van der Waals surface area (Å²) in [6.45, 7) is 0.505. The highest BCUT2D eigenvalue weighted by Crippen LogP contribution is 2.15. The van der Waals surface area contributed by atoms with Crippen molar-refractivity contribution in [3.63, 3.8) is 0 Å². The fraction of sp³-hybridized carbons (Fsp3) is 0.160. The zero-order valence-electron chi connectivity index (χ0n) is 17.5. The van der Waals surface area contributed by atoms with Gasteiger partial charge in [-0.25, -0.2) is 5.43 Å². The number of halogens is 1. The summed E-state index contributed by atoms with van der Waals surface area (Å²) in [6, 6.07) is 24.7. The van der Waals surface area contributed by atoms with Gasteiger partial charge < -0.3 is 10.1 Å². The Hall–Kier alpha value is -3.45. The molecule has 0 saturated heterocycles. The van der Waals surface area contributed by atoms with Crippen molar-refractivity contribution < 1.29 is 14.3 Å². The van der Waals surface area contributed by atoms with E-state index in [1.807, 2.05) is 78.9 Å². The summed E-state index contributed by atoms with van der Waals surface area (Å²) < 4.78 is 6.69. The van der Waals surface area contributed by atoms with Crippen LogP contribution in [0.25, 0.3) is 0 Å². The molecular weight excluding hydrogens is 470 g/mol. The Morgan fingerprint density at radius 3 is 2.28 bits per heavy atom. The predicted molar refractivity (Wildman–Crippen MR) is 130 cm³/mol. The van der Waals surface area contributed by atoms with Crippen LogP contribution >= 0.6 is 15.9 Å². The van der Waals surface area contributed by atoms with Crippen LogP contribution in [0.5, 0.6) is 5.75 Å². The maximum atomic E-state index is 11.9. The smallest absolute Gasteiger partial charge is 0.240 e. The molecule has 32 heavy (non-hydrogen) atoms. The molecule has 164 valence electrons. The minimum atomic E-state index is -0.236. The number of hydrogen-bond acceptors (Lipinski definition) is 4. The summed E-state index contributed by atoms with van der Waals surface area (Å²) in [5.41, 5.74) is 5.15. The molecule has 2 amide bonds. The number of carbonyl (C=O) groups is 2. The number of hydrazone groups is 1. The summed E-state index contributed by atoms with van der Waals surface area (Å²) >= 11 is 3.35. The summed E-state index contributed by atoms with van der Waals surface area (Å²) in [6.07, 6.45) is 2.49. The van der Waals surface area contributed by atoms with Gasteiger partial charge >= 0.3 is 0 Å². The van der Waals surface area contributed by atoms with Gasteiger partial charge in [-0.2, -0.15) is 5.10 Å². The Morgan fingerprint density at radius 2 is 1.56 bits per heavy atom. The molecule has 0 aromatic heterocycles. The molecular formula is C25H24BrN3O3. The van der Waals surface area contributed by atoms with E-state index >= 15 is 0 Å². The van der Waals surface area contributed by atoms with Gasteiger partial charge in [-0.05, 0) is 66.1 Å². The zero-order valence-corrected chi connectivity index (χ0v) is 19.0. The second kappa shape index (κ2) is 12.4. The molecule has 0 atom stereocenters. The third-order valence-corrected chi connectivity index (χ3v) is 5.00. The second-order valence-corrected chi connectivity index (χ2v) is 7.96. The molecule has 0 bridgehead atoms. The first-order valence-corrected chi connectivity index (χ1v) is 11.0. The van der Waals surface area contributed by atoms with Crippen LogP contribution in [0.3, 0.4) is 0 Å². The highest BCUT2D eigenvalue weighted by molar-refractivity contribution is 9.10. The van der Waals surface area contributed by atoms with Crippen LogP contribution in [0, 0.1) is 0 Å². The molecule has 2 N–H and O–H groups in total. The number of ether oxygens (including phenoxy) is 1. The van der Waals surface area contributed by atoms with Gasteiger partial charge in [-0.3, -0.25) is 9.59 Å². The van der Waals surface area contributed by atoms with E-state index in [9.17, 15) is 9.59 Å². The van der Waals surface area contributed by atoms with Crippen molar-refractivity contribution in [2.75, 3.05) is 5.32 Å². The van der Waals surface area contributed by atoms with Gasteiger partial charge in [-0.15, -0.1) is 0 Å². The molecule has 0 aliphatic rings. The topological polar surface area (TPSA) is 79.8 Å². The SMILES string of the molecule is O=C(CCCC(=O)Nc1ccc(Br)cc1)N/N=C/c1ccc(OCc2ccccc2)cc1. The molecule has 6 nitrogen and oxygen atoms in total. The predicted octanol–water partition coefficient (Wildman–Crippen LogP) is 5.29. The average Bonchev–Trinajstić information content (AvgIpc) is 2.81. The number of rotatable bonds is 10. The third-order valence-electron chi connectivity index (χ3n) is 4.47. The quantitative estimate of drug-likeness (QED) is 0.297. The Bertz CT molecular complexity index is 1040. The van der Waals surface area contributed by atoms with E-state index in [1.165, 1.54) is 0 Å². The number of amides is 2. The molecule has 3 rings (SSSR count). The first-order chi connectivity index (χ1) is 15.6. The fourth-order valence-electron chi connectivity index (χ4n) is 2.79. The van der Waals surface area contributed by atoms with E-state index < -0.39 is 0 Å². The molecule has 0 aliphatic carbocycles. The van der Waals surface area contributed by atoms with Crippen LogP contribution < -0.4 is 15.5 Å². The van der Waals surface area contributed by atoms with Crippen molar-refractivity contribution in [2.24, 2.45) is 5.10 Å². The lowest BCUT2D eigenvalue weighted by Crippen LogP contribution is -2.18. The number of nitrogens with zero attached hydrogens (tertiary/aromatic N) is 1. The van der Waals surface area contributed by atoms with Crippen LogP contribution in [0.1, 0.15) is 30.4 Å². The van der Waals surface area contributed by atoms with Crippen molar-refractivity contribution in [1.82, 2.24) is 5.43 Å². The standard InChI is InChI=1S/C25H24BrN3O3/c26-21-11-13-22(14-12-21)28-24(30)7-4-8-25(31)29-27-17-19-9-15-23(16-10-19)32-18-20-5-2-1-3-6-20/h1-3,5-6,9-17H,4,7-8,18H2,(H,28,30)(H,29,31)/b27-17+. The molecule has 0 aliphatic heterocycles. The van der Waals surface area contributed by atoms with Crippen molar-refractivity contribution in [3.05, 3.63) is 94.5 Å². The summed E-state index contributed by atoms with van der Waals surface area (Å²) in [5.74, 6) is 0.398. The van der Waals surface area contributed by atoms with E-state index in [0.717, 1.165) is 27.0 Å². The minimum absolute atomic E-state index is 0.127. The average molecular weight is 494 g/mol. The van der Waals surface area contributed by atoms with Crippen molar-refractivity contribution in [1.29, 1.82) is 0 Å². The monoisotopic (exact) mass is 493 g/mol. The van der Waals surface area contributed by atoms with Gasteiger partial charge in [-0.1, -0.05) is 46.3 Å². The molecule has 7 heteroatoms. The highest BCUT2D eigenvalue weighted by Gasteiger charge is 2.05. The largest absolute Gasteiger partial charge is 0.489 e. The zero-order chi connectivity index (χ0) is 22.6. The van der Waals surface area contributed by atoms with Crippen LogP contribution in [0.4, 0.5) is 5.69 Å². The van der Waals surface area contributed by atoms with E-state index in [4.69, 9.17) is 4.74 Å². The number of hydrogen-bond donors (Lipinski definition) is 2. The Labute approximate surface area is 195 Å². The van der Waals surface area contributed by atoms with Gasteiger partial charge in [0.1, 0.15) is 12.4 Å². The summed E-state index contributed by atoms with van der Waals surface area (Å²) in [4.78, 5) is 23.8. The van der Waals surface area contributed by atoms with Crippen LogP contribution in [-0.4, -0.2) is 18.0 Å². The first-order valence-electron chi connectivity index (χ1n) is 10.2. The lowest BCUT2D eigenvalue weighted by molar-refractivity contribution is -0.121. The molecule has 0 heterocycles. The summed E-state index contributed by atoms with van der Waals surface area (Å²) in [7, 11) is 0. The van der Waals surface area contributed by atoms with Crippen molar-refractivity contribution in [2.45, 2.75) is 25.9 Å². The van der Waals surface area contributed by atoms with Crippen molar-refractivity contribution in [3.8, 4) is 5.75 Å².